The molecule has 0 spiro atoms. The number of methoxy groups -OCH3 is 2. The second-order valence-corrected chi connectivity index (χ2v) is 17.1. The maximum Gasteiger partial charge on any atom is 0.269 e. The van der Waals surface area contributed by atoms with Gasteiger partial charge in [0.15, 0.2) is 0 Å². The van der Waals surface area contributed by atoms with E-state index in [-0.39, 0.29) is 59.8 Å². The van der Waals surface area contributed by atoms with E-state index in [1.807, 2.05) is 62.3 Å². The number of carbonyl (C=O) groups excluding carboxylic acids is 5. The molecule has 14 nitrogen and oxygen atoms in total. The Balaban J connectivity index is 2.28. The summed E-state index contributed by atoms with van der Waals surface area (Å²) in [6, 6.07) is -2.87. The van der Waals surface area contributed by atoms with E-state index in [0.717, 1.165) is 25.7 Å². The molecule has 5 amide bonds. The van der Waals surface area contributed by atoms with Crippen molar-refractivity contribution in [1.29, 1.82) is 0 Å². The maximum absolute atomic E-state index is 14.2. The molecular formula is C40H74N6O8. The van der Waals surface area contributed by atoms with Crippen molar-refractivity contribution in [1.82, 2.24) is 30.8 Å². The molecule has 2 rings (SSSR count). The fourth-order valence-electron chi connectivity index (χ4n) is 7.89. The first-order valence-electron chi connectivity index (χ1n) is 20.1. The van der Waals surface area contributed by atoms with Gasteiger partial charge in [-0.15, -0.1) is 0 Å². The second kappa shape index (κ2) is 21.5. The number of carbonyl (C=O) groups is 5. The van der Waals surface area contributed by atoms with E-state index in [9.17, 15) is 24.0 Å². The van der Waals surface area contributed by atoms with Gasteiger partial charge in [0, 0.05) is 34.4 Å². The van der Waals surface area contributed by atoms with E-state index in [2.05, 4.69) is 16.0 Å². The third kappa shape index (κ3) is 12.1. The molecule has 0 bridgehead atoms. The van der Waals surface area contributed by atoms with Gasteiger partial charge in [0.25, 0.3) is 5.91 Å². The molecule has 14 heteroatoms. The number of likely N-dealkylation sites (N-methyl/N-ethyl adjacent to an activating group) is 2. The Kier molecular flexibility index (Phi) is 18.8. The molecular weight excluding hydrogens is 692 g/mol. The van der Waals surface area contributed by atoms with Crippen molar-refractivity contribution < 1.29 is 38.3 Å². The van der Waals surface area contributed by atoms with Crippen LogP contribution >= 0.6 is 0 Å². The monoisotopic (exact) mass is 767 g/mol. The summed E-state index contributed by atoms with van der Waals surface area (Å²) in [5.41, 5.74) is -0.578. The van der Waals surface area contributed by atoms with Crippen LogP contribution in [0.3, 0.4) is 0 Å². The lowest BCUT2D eigenvalue weighted by Crippen LogP contribution is -2.60. The molecule has 312 valence electrons. The van der Waals surface area contributed by atoms with Crippen LogP contribution < -0.4 is 16.0 Å². The Labute approximate surface area is 325 Å². The first-order chi connectivity index (χ1) is 25.3. The number of likely N-dealkylation sites (tertiary alicyclic amines) is 1. The largest absolute Gasteiger partial charge is 0.379 e. The van der Waals surface area contributed by atoms with Gasteiger partial charge >= 0.3 is 0 Å². The number of amides is 5. The van der Waals surface area contributed by atoms with Crippen molar-refractivity contribution in [3.63, 3.8) is 0 Å². The molecule has 2 aliphatic heterocycles. The molecule has 54 heavy (non-hydrogen) atoms. The Morgan fingerprint density at radius 2 is 1.50 bits per heavy atom. The van der Waals surface area contributed by atoms with Crippen LogP contribution in [0.5, 0.6) is 0 Å². The minimum Gasteiger partial charge on any atom is -0.379 e. The molecule has 0 aromatic heterocycles. The summed E-state index contributed by atoms with van der Waals surface area (Å²) in [7, 11) is 6.56. The van der Waals surface area contributed by atoms with Gasteiger partial charge in [-0.3, -0.25) is 28.8 Å². The number of hydrogen-bond donors (Lipinski definition) is 3. The lowest BCUT2D eigenvalue weighted by atomic mass is 9.85. The maximum atomic E-state index is 14.2. The number of hydrogen-bond acceptors (Lipinski definition) is 9. The minimum absolute atomic E-state index is 0.0148. The number of ether oxygens (including phenoxy) is 2. The highest BCUT2D eigenvalue weighted by atomic mass is 16.7. The smallest absolute Gasteiger partial charge is 0.269 e. The normalized spacial score (nSPS) is 21.1. The average molecular weight is 767 g/mol. The summed E-state index contributed by atoms with van der Waals surface area (Å²) < 4.78 is 12.0. The third-order valence-corrected chi connectivity index (χ3v) is 11.4. The zero-order chi connectivity index (χ0) is 41.1. The van der Waals surface area contributed by atoms with Gasteiger partial charge in [-0.2, -0.15) is 0 Å². The fourth-order valence-corrected chi connectivity index (χ4v) is 7.89. The van der Waals surface area contributed by atoms with Gasteiger partial charge in [-0.1, -0.05) is 75.7 Å². The average Bonchev–Trinajstić information content (AvgIpc) is 3.61. The molecule has 0 unspecified atom stereocenters. The number of hydroxylamine groups is 2. The number of nitrogens with one attached hydrogen (secondary N) is 3. The first kappa shape index (κ1) is 47.3. The molecule has 2 heterocycles. The van der Waals surface area contributed by atoms with Crippen LogP contribution in [0.4, 0.5) is 0 Å². The number of nitrogens with zero attached hydrogens (tertiary/aromatic N) is 3. The van der Waals surface area contributed by atoms with Gasteiger partial charge in [0.05, 0.1) is 49.3 Å². The Morgan fingerprint density at radius 3 is 1.98 bits per heavy atom. The molecule has 9 atom stereocenters. The molecule has 0 aliphatic carbocycles. The summed E-state index contributed by atoms with van der Waals surface area (Å²) >= 11 is 0. The SMILES string of the molecule is CC[C@H](C)[C@@H]([C@@H](CC(=O)N1CCC[C@H]1[C@H](OC)[C@@H](C)C(=O)N[C@H](C(=O)N1CCCCO1)C(C)(C)C)OC)N(C)C(=O)[C@@H](NC(=O)[C@@H](NC)C(C)C)C(C)C. The highest BCUT2D eigenvalue weighted by Gasteiger charge is 2.44. The predicted molar refractivity (Wildman–Crippen MR) is 209 cm³/mol. The topological polar surface area (TPSA) is 159 Å². The van der Waals surface area contributed by atoms with E-state index < -0.39 is 47.7 Å². The van der Waals surface area contributed by atoms with Crippen molar-refractivity contribution in [3.05, 3.63) is 0 Å². The molecule has 3 N–H and O–H groups in total. The fraction of sp³-hybridized carbons (Fsp3) is 0.875. The van der Waals surface area contributed by atoms with Crippen LogP contribution in [0.1, 0.15) is 108 Å². The minimum atomic E-state index is -0.812. The van der Waals surface area contributed by atoms with Gasteiger partial charge in [0.2, 0.25) is 23.6 Å². The van der Waals surface area contributed by atoms with E-state index in [1.54, 1.807) is 45.0 Å². The second-order valence-electron chi connectivity index (χ2n) is 17.1. The Hall–Kier alpha value is -2.81. The van der Waals surface area contributed by atoms with Crippen LogP contribution in [0.25, 0.3) is 0 Å². The van der Waals surface area contributed by atoms with Gasteiger partial charge < -0.3 is 35.2 Å². The van der Waals surface area contributed by atoms with E-state index in [0.29, 0.717) is 26.1 Å². The van der Waals surface area contributed by atoms with Crippen molar-refractivity contribution in [2.75, 3.05) is 48.0 Å². The molecule has 0 aromatic carbocycles. The van der Waals surface area contributed by atoms with Crippen LogP contribution in [0.15, 0.2) is 0 Å². The molecule has 2 aliphatic rings. The highest BCUT2D eigenvalue weighted by Crippen LogP contribution is 2.30. The number of rotatable bonds is 19. The van der Waals surface area contributed by atoms with Crippen LogP contribution in [0.2, 0.25) is 0 Å². The zero-order valence-corrected chi connectivity index (χ0v) is 35.8. The van der Waals surface area contributed by atoms with Crippen molar-refractivity contribution in [2.45, 2.75) is 150 Å². The van der Waals surface area contributed by atoms with E-state index in [1.165, 1.54) is 5.06 Å². The lowest BCUT2D eigenvalue weighted by Gasteiger charge is -2.41. The Morgan fingerprint density at radius 1 is 0.870 bits per heavy atom. The molecule has 0 saturated carbocycles. The lowest BCUT2D eigenvalue weighted by molar-refractivity contribution is -0.201. The standard InChI is InChI=1S/C40H74N6O8/c1-15-26(6)33(44(12)38(50)32(25(4)5)42-37(49)31(41-11)24(2)3)29(52-13)23-30(47)45-20-18-19-28(45)34(53-14)27(7)36(48)43-35(40(8,9)10)39(51)46-21-16-17-22-54-46/h24-29,31-35,41H,15-23H2,1-14H3,(H,42,49)(H,43,48)/t26-,27+,28-,29+,31-,32-,33-,34+,35+/m0/s1. The van der Waals surface area contributed by atoms with Crippen molar-refractivity contribution >= 4 is 29.5 Å². The summed E-state index contributed by atoms with van der Waals surface area (Å²) in [4.78, 5) is 78.0. The summed E-state index contributed by atoms with van der Waals surface area (Å²) in [6.07, 6.45) is 2.59. The van der Waals surface area contributed by atoms with Crippen LogP contribution in [0, 0.1) is 29.1 Å². The molecule has 2 fully saturated rings. The van der Waals surface area contributed by atoms with Gasteiger partial charge in [-0.25, -0.2) is 5.06 Å². The summed E-state index contributed by atoms with van der Waals surface area (Å²) in [6.45, 7) is 20.7. The van der Waals surface area contributed by atoms with Crippen molar-refractivity contribution in [3.8, 4) is 0 Å². The third-order valence-electron chi connectivity index (χ3n) is 11.4. The van der Waals surface area contributed by atoms with Crippen LogP contribution in [-0.4, -0.2) is 135 Å². The van der Waals surface area contributed by atoms with E-state index >= 15 is 0 Å². The van der Waals surface area contributed by atoms with E-state index in [4.69, 9.17) is 14.3 Å². The first-order valence-corrected chi connectivity index (χ1v) is 20.1. The van der Waals surface area contributed by atoms with Gasteiger partial charge in [-0.05, 0) is 55.9 Å². The van der Waals surface area contributed by atoms with Crippen LogP contribution in [-0.2, 0) is 38.3 Å². The molecule has 2 saturated heterocycles. The zero-order valence-electron chi connectivity index (χ0n) is 35.8. The molecule has 0 radical (unpaired) electrons. The summed E-state index contributed by atoms with van der Waals surface area (Å²) in [5, 5.41) is 10.4. The highest BCUT2D eigenvalue weighted by molar-refractivity contribution is 5.90. The summed E-state index contributed by atoms with van der Waals surface area (Å²) in [5.74, 6) is -2.10. The predicted octanol–water partition coefficient (Wildman–Crippen LogP) is 3.38. The Bertz CT molecular complexity index is 1240. The molecule has 0 aromatic rings. The van der Waals surface area contributed by atoms with Crippen molar-refractivity contribution in [2.24, 2.45) is 29.1 Å². The van der Waals surface area contributed by atoms with Gasteiger partial charge in [0.1, 0.15) is 12.1 Å². The quantitative estimate of drug-likeness (QED) is 0.179.